The lowest BCUT2D eigenvalue weighted by molar-refractivity contribution is -0.117. The third-order valence-corrected chi connectivity index (χ3v) is 3.87. The first-order chi connectivity index (χ1) is 13.2. The summed E-state index contributed by atoms with van der Waals surface area (Å²) in [5.41, 5.74) is 1.03. The average molecular weight is 387 g/mol. The quantitative estimate of drug-likeness (QED) is 0.597. The Hall–Kier alpha value is -2.83. The third-order valence-electron chi connectivity index (χ3n) is 3.87. The number of carbonyl (C=O) groups is 3. The van der Waals surface area contributed by atoms with Gasteiger partial charge < -0.3 is 20.7 Å². The fourth-order valence-corrected chi connectivity index (χ4v) is 2.28. The summed E-state index contributed by atoms with van der Waals surface area (Å²) >= 11 is 0. The standard InChI is InChI=1S/C21H29N3O4/c1-21(2,3)28-20(27)22-13-12-19(26)24-17-9-6-16(7-10-17)14-23-18(25)11-8-15-4-5-15/h6-11,15H,4-5,12-14H2,1-3H3,(H,22,27)(H,23,25)(H,24,26)/b11-8+. The van der Waals surface area contributed by atoms with Crippen molar-refractivity contribution < 1.29 is 19.1 Å². The van der Waals surface area contributed by atoms with Crippen LogP contribution in [-0.4, -0.2) is 30.1 Å². The van der Waals surface area contributed by atoms with Gasteiger partial charge in [-0.15, -0.1) is 0 Å². The predicted octanol–water partition coefficient (Wildman–Crippen LogP) is 3.12. The lowest BCUT2D eigenvalue weighted by Gasteiger charge is -2.19. The molecular formula is C21H29N3O4. The SMILES string of the molecule is CC(C)(C)OC(=O)NCCC(=O)Nc1ccc(CNC(=O)/C=C/C2CC2)cc1. The summed E-state index contributed by atoms with van der Waals surface area (Å²) in [6.07, 6.45) is 5.49. The normalized spacial score (nSPS) is 13.8. The Bertz CT molecular complexity index is 716. The molecule has 1 aromatic carbocycles. The fourth-order valence-electron chi connectivity index (χ4n) is 2.28. The van der Waals surface area contributed by atoms with Gasteiger partial charge in [0.15, 0.2) is 0 Å². The van der Waals surface area contributed by atoms with Crippen LogP contribution >= 0.6 is 0 Å². The smallest absolute Gasteiger partial charge is 0.407 e. The highest BCUT2D eigenvalue weighted by atomic mass is 16.6. The maximum absolute atomic E-state index is 11.9. The molecule has 0 heterocycles. The van der Waals surface area contributed by atoms with Gasteiger partial charge in [-0.1, -0.05) is 18.2 Å². The highest BCUT2D eigenvalue weighted by molar-refractivity contribution is 5.91. The van der Waals surface area contributed by atoms with Crippen LogP contribution in [0.5, 0.6) is 0 Å². The third kappa shape index (κ3) is 9.21. The highest BCUT2D eigenvalue weighted by Crippen LogP contribution is 2.29. The van der Waals surface area contributed by atoms with Crippen LogP contribution in [0.3, 0.4) is 0 Å². The molecule has 0 unspecified atom stereocenters. The van der Waals surface area contributed by atoms with E-state index in [0.717, 1.165) is 5.56 Å². The van der Waals surface area contributed by atoms with Crippen molar-refractivity contribution >= 4 is 23.6 Å². The van der Waals surface area contributed by atoms with Crippen molar-refractivity contribution in [2.24, 2.45) is 5.92 Å². The molecule has 1 aromatic rings. The summed E-state index contributed by atoms with van der Waals surface area (Å²) < 4.78 is 5.10. The van der Waals surface area contributed by atoms with E-state index in [2.05, 4.69) is 16.0 Å². The average Bonchev–Trinajstić information content (AvgIpc) is 3.42. The number of allylic oxidation sites excluding steroid dienone is 1. The number of alkyl carbamates (subject to hydrolysis) is 1. The Labute approximate surface area is 165 Å². The van der Waals surface area contributed by atoms with Gasteiger partial charge in [0.2, 0.25) is 11.8 Å². The van der Waals surface area contributed by atoms with E-state index in [1.54, 1.807) is 39.0 Å². The fraction of sp³-hybridized carbons (Fsp3) is 0.476. The second kappa shape index (κ2) is 9.92. The summed E-state index contributed by atoms with van der Waals surface area (Å²) in [4.78, 5) is 35.2. The number of benzene rings is 1. The van der Waals surface area contributed by atoms with Crippen molar-refractivity contribution in [1.29, 1.82) is 0 Å². The minimum atomic E-state index is -0.568. The van der Waals surface area contributed by atoms with Crippen LogP contribution in [0.2, 0.25) is 0 Å². The first-order valence-electron chi connectivity index (χ1n) is 9.53. The largest absolute Gasteiger partial charge is 0.444 e. The number of carbonyl (C=O) groups excluding carboxylic acids is 3. The van der Waals surface area contributed by atoms with Crippen LogP contribution in [0.15, 0.2) is 36.4 Å². The molecule has 1 aliphatic carbocycles. The maximum Gasteiger partial charge on any atom is 0.407 e. The molecule has 1 aliphatic rings. The van der Waals surface area contributed by atoms with Gasteiger partial charge >= 0.3 is 6.09 Å². The van der Waals surface area contributed by atoms with Crippen molar-refractivity contribution in [3.05, 3.63) is 42.0 Å². The molecule has 1 fully saturated rings. The van der Waals surface area contributed by atoms with Gasteiger partial charge in [-0.05, 0) is 63.3 Å². The van der Waals surface area contributed by atoms with E-state index < -0.39 is 11.7 Å². The Balaban J connectivity index is 1.66. The lowest BCUT2D eigenvalue weighted by Crippen LogP contribution is -2.34. The number of hydrogen-bond acceptors (Lipinski definition) is 4. The van der Waals surface area contributed by atoms with Gasteiger partial charge in [-0.2, -0.15) is 0 Å². The van der Waals surface area contributed by atoms with Gasteiger partial charge in [0.05, 0.1) is 0 Å². The topological polar surface area (TPSA) is 96.5 Å². The van der Waals surface area contributed by atoms with Crippen molar-refractivity contribution in [2.45, 2.75) is 52.2 Å². The summed E-state index contributed by atoms with van der Waals surface area (Å²) in [6, 6.07) is 7.25. The Morgan fingerprint density at radius 1 is 1.11 bits per heavy atom. The summed E-state index contributed by atoms with van der Waals surface area (Å²) in [5, 5.41) is 8.14. The van der Waals surface area contributed by atoms with E-state index in [1.807, 2.05) is 18.2 Å². The van der Waals surface area contributed by atoms with Gasteiger partial charge in [0.25, 0.3) is 0 Å². The zero-order valence-corrected chi connectivity index (χ0v) is 16.7. The monoisotopic (exact) mass is 387 g/mol. The number of anilines is 1. The number of hydrogen-bond donors (Lipinski definition) is 3. The highest BCUT2D eigenvalue weighted by Gasteiger charge is 2.17. The summed E-state index contributed by atoms with van der Waals surface area (Å²) in [6.45, 7) is 5.96. The summed E-state index contributed by atoms with van der Waals surface area (Å²) in [7, 11) is 0. The molecule has 0 atom stereocenters. The van der Waals surface area contributed by atoms with E-state index in [-0.39, 0.29) is 24.8 Å². The molecule has 3 N–H and O–H groups in total. The molecule has 7 heteroatoms. The van der Waals surface area contributed by atoms with Gasteiger partial charge in [0.1, 0.15) is 5.60 Å². The van der Waals surface area contributed by atoms with Crippen LogP contribution in [0.4, 0.5) is 10.5 Å². The molecular weight excluding hydrogens is 358 g/mol. The number of nitrogens with one attached hydrogen (secondary N) is 3. The lowest BCUT2D eigenvalue weighted by atomic mass is 10.2. The minimum absolute atomic E-state index is 0.0956. The predicted molar refractivity (Wildman–Crippen MR) is 108 cm³/mol. The molecule has 2 rings (SSSR count). The molecule has 0 saturated heterocycles. The molecule has 152 valence electrons. The molecule has 0 bridgehead atoms. The van der Waals surface area contributed by atoms with Crippen LogP contribution in [0.1, 0.15) is 45.6 Å². The Morgan fingerprint density at radius 2 is 1.79 bits per heavy atom. The van der Waals surface area contributed by atoms with E-state index in [4.69, 9.17) is 4.74 Å². The van der Waals surface area contributed by atoms with Crippen LogP contribution in [0.25, 0.3) is 0 Å². The second-order valence-corrected chi connectivity index (χ2v) is 7.84. The molecule has 0 aliphatic heterocycles. The van der Waals surface area contributed by atoms with E-state index in [9.17, 15) is 14.4 Å². The molecule has 1 saturated carbocycles. The zero-order chi connectivity index (χ0) is 20.6. The van der Waals surface area contributed by atoms with Gasteiger partial charge in [-0.25, -0.2) is 4.79 Å². The van der Waals surface area contributed by atoms with E-state index in [0.29, 0.717) is 18.2 Å². The molecule has 3 amide bonds. The van der Waals surface area contributed by atoms with Crippen LogP contribution < -0.4 is 16.0 Å². The van der Waals surface area contributed by atoms with Crippen molar-refractivity contribution in [3.8, 4) is 0 Å². The molecule has 0 spiro atoms. The number of amides is 3. The van der Waals surface area contributed by atoms with E-state index >= 15 is 0 Å². The molecule has 28 heavy (non-hydrogen) atoms. The van der Waals surface area contributed by atoms with Crippen LogP contribution in [0, 0.1) is 5.92 Å². The zero-order valence-electron chi connectivity index (χ0n) is 16.7. The minimum Gasteiger partial charge on any atom is -0.444 e. The maximum atomic E-state index is 11.9. The first-order valence-corrected chi connectivity index (χ1v) is 9.53. The van der Waals surface area contributed by atoms with E-state index in [1.165, 1.54) is 12.8 Å². The number of ether oxygens (including phenoxy) is 1. The Kier molecular flexibility index (Phi) is 7.61. The van der Waals surface area contributed by atoms with Gasteiger partial charge in [0, 0.05) is 25.2 Å². The molecule has 0 radical (unpaired) electrons. The molecule has 0 aromatic heterocycles. The van der Waals surface area contributed by atoms with Gasteiger partial charge in [-0.3, -0.25) is 9.59 Å². The number of rotatable bonds is 8. The van der Waals surface area contributed by atoms with Crippen molar-refractivity contribution in [1.82, 2.24) is 10.6 Å². The van der Waals surface area contributed by atoms with Crippen LogP contribution in [-0.2, 0) is 20.9 Å². The first kappa shape index (κ1) is 21.5. The van der Waals surface area contributed by atoms with Crippen molar-refractivity contribution in [2.75, 3.05) is 11.9 Å². The molecule has 7 nitrogen and oxygen atoms in total. The van der Waals surface area contributed by atoms with Crippen molar-refractivity contribution in [3.63, 3.8) is 0 Å². The summed E-state index contributed by atoms with van der Waals surface area (Å²) in [5.74, 6) is 0.275. The Morgan fingerprint density at radius 3 is 2.39 bits per heavy atom. The second-order valence-electron chi connectivity index (χ2n) is 7.84.